The molecule has 1 amide bonds. The Labute approximate surface area is 147 Å². The number of methoxy groups -OCH3 is 1. The normalized spacial score (nSPS) is 13.7. The lowest BCUT2D eigenvalue weighted by Gasteiger charge is -2.11. The fourth-order valence-electron chi connectivity index (χ4n) is 3.10. The van der Waals surface area contributed by atoms with E-state index in [0.717, 1.165) is 50.9 Å². The topological polar surface area (TPSA) is 77.2 Å². The van der Waals surface area contributed by atoms with Crippen molar-refractivity contribution in [3.8, 4) is 5.75 Å². The number of carbonyl (C=O) groups excluding carboxylic acids is 1. The number of thiophene rings is 1. The fraction of sp³-hybridized carbons (Fsp3) is 0.294. The molecule has 0 bridgehead atoms. The first-order valence-electron chi connectivity index (χ1n) is 7.81. The summed E-state index contributed by atoms with van der Waals surface area (Å²) in [4.78, 5) is 17.8. The van der Waals surface area contributed by atoms with Crippen LogP contribution in [0.15, 0.2) is 18.2 Å². The third-order valence-corrected chi connectivity index (χ3v) is 6.37. The predicted molar refractivity (Wildman–Crippen MR) is 98.9 cm³/mol. The number of nitrogens with two attached hydrogens (primary N) is 1. The largest absolute Gasteiger partial charge is 0.497 e. The van der Waals surface area contributed by atoms with E-state index < -0.39 is 0 Å². The number of ether oxygens (including phenoxy) is 1. The number of amides is 1. The summed E-state index contributed by atoms with van der Waals surface area (Å²) in [6, 6.07) is 5.79. The van der Waals surface area contributed by atoms with E-state index in [1.54, 1.807) is 29.8 Å². The third-order valence-electron chi connectivity index (χ3n) is 4.23. The average Bonchev–Trinajstić information content (AvgIpc) is 3.13. The summed E-state index contributed by atoms with van der Waals surface area (Å²) < 4.78 is 6.30. The van der Waals surface area contributed by atoms with E-state index in [1.165, 1.54) is 11.3 Å². The number of anilines is 2. The van der Waals surface area contributed by atoms with Gasteiger partial charge in [0.1, 0.15) is 10.8 Å². The van der Waals surface area contributed by atoms with E-state index in [4.69, 9.17) is 10.5 Å². The highest BCUT2D eigenvalue weighted by atomic mass is 32.1. The number of aryl methyl sites for hydroxylation is 1. The van der Waals surface area contributed by atoms with Gasteiger partial charge in [-0.25, -0.2) is 4.98 Å². The maximum atomic E-state index is 12.0. The smallest absolute Gasteiger partial charge is 0.251 e. The summed E-state index contributed by atoms with van der Waals surface area (Å²) in [5.74, 6) is 0.446. The van der Waals surface area contributed by atoms with Crippen molar-refractivity contribution in [2.24, 2.45) is 5.73 Å². The van der Waals surface area contributed by atoms with Crippen LogP contribution in [0, 0.1) is 0 Å². The lowest BCUT2D eigenvalue weighted by molar-refractivity contribution is 0.100. The molecule has 2 aromatic heterocycles. The van der Waals surface area contributed by atoms with E-state index in [9.17, 15) is 4.79 Å². The molecule has 1 aromatic carbocycles. The number of hydrogen-bond acceptors (Lipinski definition) is 6. The Balaban J connectivity index is 1.72. The van der Waals surface area contributed by atoms with E-state index in [0.29, 0.717) is 5.56 Å². The minimum atomic E-state index is -0.361. The SMILES string of the molecule is COc1ccc2nc(Nc3sc4c(c3C(N)=O)CCCC4)sc2c1. The Hall–Kier alpha value is -2.12. The number of benzene rings is 1. The highest BCUT2D eigenvalue weighted by Gasteiger charge is 2.24. The molecule has 0 atom stereocenters. The van der Waals surface area contributed by atoms with Gasteiger partial charge in [-0.05, 0) is 49.4 Å². The Morgan fingerprint density at radius 1 is 1.29 bits per heavy atom. The zero-order chi connectivity index (χ0) is 16.7. The van der Waals surface area contributed by atoms with Gasteiger partial charge in [0, 0.05) is 4.88 Å². The van der Waals surface area contributed by atoms with Gasteiger partial charge in [0.25, 0.3) is 5.91 Å². The standard InChI is InChI=1S/C17H17N3O2S2/c1-22-9-6-7-11-13(8-9)24-17(19-11)20-16-14(15(18)21)10-4-2-3-5-12(10)23-16/h6-8H,2-5H2,1H3,(H2,18,21)(H,19,20). The lowest BCUT2D eigenvalue weighted by atomic mass is 9.95. The number of fused-ring (bicyclic) bond motifs is 2. The average molecular weight is 359 g/mol. The minimum Gasteiger partial charge on any atom is -0.497 e. The molecule has 0 spiro atoms. The molecule has 0 unspecified atom stereocenters. The van der Waals surface area contributed by atoms with Crippen LogP contribution in [-0.2, 0) is 12.8 Å². The Morgan fingerprint density at radius 2 is 2.12 bits per heavy atom. The van der Waals surface area contributed by atoms with Crippen molar-refractivity contribution < 1.29 is 9.53 Å². The zero-order valence-corrected chi connectivity index (χ0v) is 14.9. The van der Waals surface area contributed by atoms with Crippen molar-refractivity contribution in [1.29, 1.82) is 0 Å². The summed E-state index contributed by atoms with van der Waals surface area (Å²) in [5.41, 5.74) is 8.33. The molecule has 3 N–H and O–H groups in total. The quantitative estimate of drug-likeness (QED) is 0.735. The van der Waals surface area contributed by atoms with Crippen molar-refractivity contribution in [2.45, 2.75) is 25.7 Å². The number of aromatic nitrogens is 1. The van der Waals surface area contributed by atoms with Crippen LogP contribution in [0.1, 0.15) is 33.6 Å². The Bertz CT molecular complexity index is 929. The fourth-order valence-corrected chi connectivity index (χ4v) is 5.35. The second-order valence-electron chi connectivity index (χ2n) is 5.76. The maximum absolute atomic E-state index is 12.0. The number of primary amides is 1. The first-order valence-corrected chi connectivity index (χ1v) is 9.45. The lowest BCUT2D eigenvalue weighted by Crippen LogP contribution is -2.15. The van der Waals surface area contributed by atoms with Gasteiger partial charge in [0.05, 0.1) is 22.9 Å². The van der Waals surface area contributed by atoms with Crippen LogP contribution >= 0.6 is 22.7 Å². The maximum Gasteiger partial charge on any atom is 0.251 e. The van der Waals surface area contributed by atoms with E-state index in [-0.39, 0.29) is 5.91 Å². The molecule has 24 heavy (non-hydrogen) atoms. The van der Waals surface area contributed by atoms with E-state index >= 15 is 0 Å². The van der Waals surface area contributed by atoms with Crippen LogP contribution in [0.4, 0.5) is 10.1 Å². The molecule has 4 rings (SSSR count). The monoisotopic (exact) mass is 359 g/mol. The highest BCUT2D eigenvalue weighted by molar-refractivity contribution is 7.23. The second-order valence-corrected chi connectivity index (χ2v) is 7.89. The van der Waals surface area contributed by atoms with E-state index in [2.05, 4.69) is 10.3 Å². The summed E-state index contributed by atoms with van der Waals surface area (Å²) in [5, 5.41) is 4.91. The van der Waals surface area contributed by atoms with Crippen molar-refractivity contribution in [3.05, 3.63) is 34.2 Å². The van der Waals surface area contributed by atoms with Crippen LogP contribution in [0.5, 0.6) is 5.75 Å². The van der Waals surface area contributed by atoms with Gasteiger partial charge in [-0.1, -0.05) is 11.3 Å². The Morgan fingerprint density at radius 3 is 2.92 bits per heavy atom. The molecule has 0 fully saturated rings. The van der Waals surface area contributed by atoms with Gasteiger partial charge < -0.3 is 15.8 Å². The van der Waals surface area contributed by atoms with Crippen LogP contribution in [-0.4, -0.2) is 18.0 Å². The first kappa shape index (κ1) is 15.4. The molecule has 3 aromatic rings. The van der Waals surface area contributed by atoms with Gasteiger partial charge >= 0.3 is 0 Å². The van der Waals surface area contributed by atoms with Crippen LogP contribution in [0.25, 0.3) is 10.2 Å². The van der Waals surface area contributed by atoms with Gasteiger partial charge in [-0.3, -0.25) is 4.79 Å². The number of nitrogens with one attached hydrogen (secondary N) is 1. The molecular weight excluding hydrogens is 342 g/mol. The molecule has 0 saturated carbocycles. The van der Waals surface area contributed by atoms with Gasteiger partial charge in [0.15, 0.2) is 5.13 Å². The number of rotatable bonds is 4. The summed E-state index contributed by atoms with van der Waals surface area (Å²) in [6.45, 7) is 0. The molecule has 1 aliphatic carbocycles. The molecule has 0 aliphatic heterocycles. The molecule has 5 nitrogen and oxygen atoms in total. The van der Waals surface area contributed by atoms with Gasteiger partial charge in [0.2, 0.25) is 0 Å². The number of carbonyl (C=O) groups is 1. The van der Waals surface area contributed by atoms with E-state index in [1.807, 2.05) is 18.2 Å². The third kappa shape index (κ3) is 2.63. The molecule has 7 heteroatoms. The summed E-state index contributed by atoms with van der Waals surface area (Å²) in [6.07, 6.45) is 4.25. The molecular formula is C17H17N3O2S2. The molecule has 1 aliphatic rings. The molecule has 124 valence electrons. The van der Waals surface area contributed by atoms with Crippen molar-refractivity contribution in [1.82, 2.24) is 4.98 Å². The zero-order valence-electron chi connectivity index (χ0n) is 13.2. The first-order chi connectivity index (χ1) is 11.7. The number of thiazole rings is 1. The predicted octanol–water partition coefficient (Wildman–Crippen LogP) is 4.09. The van der Waals surface area contributed by atoms with Crippen LogP contribution in [0.3, 0.4) is 0 Å². The second kappa shape index (κ2) is 6.07. The number of hydrogen-bond donors (Lipinski definition) is 2. The summed E-state index contributed by atoms with van der Waals surface area (Å²) in [7, 11) is 1.65. The molecule has 0 saturated heterocycles. The van der Waals surface area contributed by atoms with Crippen molar-refractivity contribution in [3.63, 3.8) is 0 Å². The van der Waals surface area contributed by atoms with Crippen LogP contribution in [0.2, 0.25) is 0 Å². The summed E-state index contributed by atoms with van der Waals surface area (Å²) >= 11 is 3.17. The van der Waals surface area contributed by atoms with Crippen LogP contribution < -0.4 is 15.8 Å². The minimum absolute atomic E-state index is 0.361. The molecule has 2 heterocycles. The van der Waals surface area contributed by atoms with Crippen molar-refractivity contribution >= 4 is 48.9 Å². The number of nitrogens with zero attached hydrogens (tertiary/aromatic N) is 1. The highest BCUT2D eigenvalue weighted by Crippen LogP contribution is 2.40. The van der Waals surface area contributed by atoms with Gasteiger partial charge in [-0.15, -0.1) is 11.3 Å². The van der Waals surface area contributed by atoms with Gasteiger partial charge in [-0.2, -0.15) is 0 Å². The van der Waals surface area contributed by atoms with Crippen molar-refractivity contribution in [2.75, 3.05) is 12.4 Å². The Kier molecular flexibility index (Phi) is 3.90. The molecule has 0 radical (unpaired) electrons.